The molecule has 0 aliphatic carbocycles. The molecule has 2 nitrogen and oxygen atoms in total. The zero-order valence-electron chi connectivity index (χ0n) is 25.2. The first-order chi connectivity index (χ1) is 21.2. The lowest BCUT2D eigenvalue weighted by atomic mass is 9.98. The van der Waals surface area contributed by atoms with Gasteiger partial charge in [0.15, 0.2) is 0 Å². The van der Waals surface area contributed by atoms with Crippen LogP contribution in [0.1, 0.15) is 20.8 Å². The lowest BCUT2D eigenvalue weighted by Gasteiger charge is -2.26. The summed E-state index contributed by atoms with van der Waals surface area (Å²) in [5.74, 6) is 0. The Labute approximate surface area is 255 Å². The first-order valence-electron chi connectivity index (χ1n) is 14.9. The number of fused-ring (bicyclic) bond motifs is 4. The van der Waals surface area contributed by atoms with Crippen LogP contribution in [0.15, 0.2) is 158 Å². The average molecular weight is 559 g/mol. The average Bonchev–Trinajstić information content (AvgIpc) is 3.06. The first-order valence-corrected chi connectivity index (χ1v) is 14.9. The van der Waals surface area contributed by atoms with E-state index >= 15 is 0 Å². The van der Waals surface area contributed by atoms with Gasteiger partial charge in [0.2, 0.25) is 0 Å². The molecule has 0 spiro atoms. The second kappa shape index (κ2) is 13.5. The third-order valence-corrected chi connectivity index (χ3v) is 7.34. The van der Waals surface area contributed by atoms with Crippen molar-refractivity contribution in [3.8, 4) is 11.1 Å². The van der Waals surface area contributed by atoms with E-state index < -0.39 is 0 Å². The number of para-hydroxylation sites is 1. The Morgan fingerprint density at radius 2 is 1.07 bits per heavy atom. The highest BCUT2D eigenvalue weighted by molar-refractivity contribution is 6.09. The van der Waals surface area contributed by atoms with Crippen LogP contribution in [0, 0.1) is 0 Å². The predicted molar refractivity (Wildman–Crippen MR) is 191 cm³/mol. The minimum Gasteiger partial charge on any atom is -0.399 e. The molecule has 0 aliphatic heterocycles. The minimum atomic E-state index is 0.788. The van der Waals surface area contributed by atoms with E-state index in [1.165, 1.54) is 38.1 Å². The molecular weight excluding hydrogens is 520 g/mol. The molecule has 0 saturated carbocycles. The molecule has 43 heavy (non-hydrogen) atoms. The van der Waals surface area contributed by atoms with Gasteiger partial charge in [-0.05, 0) is 98.9 Å². The lowest BCUT2D eigenvalue weighted by Crippen LogP contribution is -2.09. The maximum absolute atomic E-state index is 6.03. The van der Waals surface area contributed by atoms with E-state index in [1.54, 1.807) is 6.08 Å². The first kappa shape index (κ1) is 29.2. The summed E-state index contributed by atoms with van der Waals surface area (Å²) in [6, 6.07) is 51.7. The molecule has 0 atom stereocenters. The van der Waals surface area contributed by atoms with Gasteiger partial charge in [-0.2, -0.15) is 0 Å². The van der Waals surface area contributed by atoms with Crippen LogP contribution in [0.25, 0.3) is 43.4 Å². The number of allylic oxidation sites excluding steroid dienone is 1. The molecule has 0 amide bonds. The summed E-state index contributed by atoms with van der Waals surface area (Å²) in [5.41, 5.74) is 12.6. The molecule has 0 heterocycles. The fraction of sp³-hybridized carbons (Fsp3) is 0.0732. The molecule has 0 unspecified atom stereocenters. The highest BCUT2D eigenvalue weighted by Gasteiger charge is 2.14. The van der Waals surface area contributed by atoms with Crippen LogP contribution in [0.5, 0.6) is 0 Å². The monoisotopic (exact) mass is 558 g/mol. The van der Waals surface area contributed by atoms with E-state index in [4.69, 9.17) is 5.73 Å². The largest absolute Gasteiger partial charge is 0.399 e. The van der Waals surface area contributed by atoms with Gasteiger partial charge in [0.05, 0.1) is 0 Å². The summed E-state index contributed by atoms with van der Waals surface area (Å²) < 4.78 is 0. The van der Waals surface area contributed by atoms with Crippen molar-refractivity contribution in [3.05, 3.63) is 158 Å². The predicted octanol–water partition coefficient (Wildman–Crippen LogP) is 12.1. The second-order valence-electron chi connectivity index (χ2n) is 10.1. The molecule has 0 bridgehead atoms. The molecule has 2 heteroatoms. The molecule has 0 radical (unpaired) electrons. The van der Waals surface area contributed by atoms with Crippen molar-refractivity contribution in [1.29, 1.82) is 0 Å². The third kappa shape index (κ3) is 6.14. The van der Waals surface area contributed by atoms with E-state index in [-0.39, 0.29) is 0 Å². The van der Waals surface area contributed by atoms with Crippen LogP contribution in [0.2, 0.25) is 0 Å². The van der Waals surface area contributed by atoms with Crippen molar-refractivity contribution >= 4 is 55.1 Å². The summed E-state index contributed by atoms with van der Waals surface area (Å²) in [6.45, 7) is 9.25. The molecule has 7 aromatic rings. The summed E-state index contributed by atoms with van der Waals surface area (Å²) in [6.07, 6.45) is 1.75. The molecule has 7 aromatic carbocycles. The number of hydrogen-bond acceptors (Lipinski definition) is 2. The standard InChI is InChI=1S/C36H26N2.C3H6.C2H6/c37-29-17-21-35-27(23-29)13-14-28-24-32(20-22-36(28)35)38(30-9-2-1-3-10-30)31-18-15-26(16-19-31)34-12-6-8-25-7-4-5-11-33(25)34;1-3-2;1-2/h1-24H,37H2;3H,1H2,2H3;1-2H3. The van der Waals surface area contributed by atoms with Gasteiger partial charge < -0.3 is 10.6 Å². The molecule has 0 aliphatic rings. The number of hydrogen-bond donors (Lipinski definition) is 1. The van der Waals surface area contributed by atoms with Gasteiger partial charge in [-0.3, -0.25) is 0 Å². The Kier molecular flexibility index (Phi) is 9.19. The van der Waals surface area contributed by atoms with Crippen LogP contribution in [-0.2, 0) is 0 Å². The number of rotatable bonds is 4. The quantitative estimate of drug-likeness (QED) is 0.132. The number of nitrogen functional groups attached to an aromatic ring is 1. The van der Waals surface area contributed by atoms with Gasteiger partial charge >= 0.3 is 0 Å². The Morgan fingerprint density at radius 3 is 1.79 bits per heavy atom. The fourth-order valence-electron chi connectivity index (χ4n) is 5.51. The molecule has 0 saturated heterocycles. The Bertz CT molecular complexity index is 1970. The van der Waals surface area contributed by atoms with E-state index in [1.807, 2.05) is 32.9 Å². The van der Waals surface area contributed by atoms with Gasteiger partial charge in [0.1, 0.15) is 0 Å². The van der Waals surface area contributed by atoms with Gasteiger partial charge in [-0.15, -0.1) is 6.58 Å². The Hall–Kier alpha value is -5.34. The molecule has 2 N–H and O–H groups in total. The van der Waals surface area contributed by atoms with Crippen LogP contribution in [0.4, 0.5) is 22.7 Å². The van der Waals surface area contributed by atoms with E-state index in [9.17, 15) is 0 Å². The zero-order chi connectivity index (χ0) is 30.2. The van der Waals surface area contributed by atoms with Crippen molar-refractivity contribution in [2.24, 2.45) is 0 Å². The molecular formula is C41H38N2. The van der Waals surface area contributed by atoms with Crippen LogP contribution < -0.4 is 10.6 Å². The van der Waals surface area contributed by atoms with Crippen LogP contribution in [-0.4, -0.2) is 0 Å². The van der Waals surface area contributed by atoms with Crippen molar-refractivity contribution in [3.63, 3.8) is 0 Å². The van der Waals surface area contributed by atoms with Crippen molar-refractivity contribution in [2.45, 2.75) is 20.8 Å². The smallest absolute Gasteiger partial charge is 0.0468 e. The highest BCUT2D eigenvalue weighted by atomic mass is 15.1. The minimum absolute atomic E-state index is 0.788. The normalized spacial score (nSPS) is 10.4. The number of anilines is 4. The van der Waals surface area contributed by atoms with E-state index in [2.05, 4.69) is 145 Å². The van der Waals surface area contributed by atoms with Crippen LogP contribution in [0.3, 0.4) is 0 Å². The van der Waals surface area contributed by atoms with Gasteiger partial charge in [-0.25, -0.2) is 0 Å². The van der Waals surface area contributed by atoms with Crippen molar-refractivity contribution in [1.82, 2.24) is 0 Å². The molecule has 212 valence electrons. The number of benzene rings is 7. The van der Waals surface area contributed by atoms with Crippen molar-refractivity contribution in [2.75, 3.05) is 10.6 Å². The molecule has 0 aromatic heterocycles. The summed E-state index contributed by atoms with van der Waals surface area (Å²) in [4.78, 5) is 2.32. The summed E-state index contributed by atoms with van der Waals surface area (Å²) in [7, 11) is 0. The number of nitrogens with two attached hydrogens (primary N) is 1. The van der Waals surface area contributed by atoms with Crippen LogP contribution >= 0.6 is 0 Å². The number of nitrogens with zero attached hydrogens (tertiary/aromatic N) is 1. The van der Waals surface area contributed by atoms with Gasteiger partial charge in [0.25, 0.3) is 0 Å². The van der Waals surface area contributed by atoms with Gasteiger partial charge in [0, 0.05) is 22.7 Å². The van der Waals surface area contributed by atoms with E-state index in [0.717, 1.165) is 28.1 Å². The lowest BCUT2D eigenvalue weighted by molar-refractivity contribution is 1.29. The molecule has 0 fully saturated rings. The SMILES string of the molecule is C=CC.CC.Nc1ccc2c(ccc3cc(N(c4ccccc4)c4ccc(-c5cccc6ccccc56)cc4)ccc32)c1. The summed E-state index contributed by atoms with van der Waals surface area (Å²) in [5, 5.41) is 7.33. The molecule has 7 rings (SSSR count). The topological polar surface area (TPSA) is 29.3 Å². The fourth-order valence-corrected chi connectivity index (χ4v) is 5.51. The highest BCUT2D eigenvalue weighted by Crippen LogP contribution is 2.39. The zero-order valence-corrected chi connectivity index (χ0v) is 25.2. The Balaban J connectivity index is 0.000000695. The summed E-state index contributed by atoms with van der Waals surface area (Å²) >= 11 is 0. The van der Waals surface area contributed by atoms with Gasteiger partial charge in [-0.1, -0.05) is 117 Å². The maximum atomic E-state index is 6.03. The van der Waals surface area contributed by atoms with E-state index in [0.29, 0.717) is 0 Å². The van der Waals surface area contributed by atoms with Crippen molar-refractivity contribution < 1.29 is 0 Å². The third-order valence-electron chi connectivity index (χ3n) is 7.34. The Morgan fingerprint density at radius 1 is 0.512 bits per heavy atom. The maximum Gasteiger partial charge on any atom is 0.0468 e. The second-order valence-corrected chi connectivity index (χ2v) is 10.1.